The highest BCUT2D eigenvalue weighted by Gasteiger charge is 1.88. The first-order chi connectivity index (χ1) is 3.77. The van der Waals surface area contributed by atoms with Crippen molar-refractivity contribution in [3.8, 4) is 0 Å². The molecule has 0 aliphatic heterocycles. The highest BCUT2D eigenvalue weighted by molar-refractivity contribution is 5.56. The third kappa shape index (κ3) is 4.81. The average molecular weight is 118 g/mol. The Morgan fingerprint density at radius 3 is 2.75 bits per heavy atom. The maximum atomic E-state index is 9.54. The Morgan fingerprint density at radius 1 is 1.75 bits per heavy atom. The van der Waals surface area contributed by atoms with Gasteiger partial charge in [-0.2, -0.15) is 0 Å². The molecule has 0 radical (unpaired) electrons. The van der Waals surface area contributed by atoms with Crippen LogP contribution in [0.4, 0.5) is 4.79 Å². The summed E-state index contributed by atoms with van der Waals surface area (Å²) in [6.07, 6.45) is 0.556. The molecule has 46 valence electrons. The van der Waals surface area contributed by atoms with Crippen molar-refractivity contribution < 1.29 is 19.7 Å². The number of carbonyl (C=O) groups is 1. The molecular formula is C4H6O4. The molecule has 0 aliphatic carbocycles. The molecule has 4 heteroatoms. The minimum absolute atomic E-state index is 0.105. The van der Waals surface area contributed by atoms with Crippen LogP contribution >= 0.6 is 0 Å². The molecule has 0 bridgehead atoms. The molecule has 0 saturated heterocycles. The summed E-state index contributed by atoms with van der Waals surface area (Å²) >= 11 is 0. The number of hydrogen-bond donors (Lipinski definition) is 2. The standard InChI is InChI=1S/C4H6O4/c5-2-1-3-8-4(6)7/h1-2,5H,3H2,(H,6,7). The van der Waals surface area contributed by atoms with Gasteiger partial charge in [0.05, 0.1) is 6.26 Å². The van der Waals surface area contributed by atoms with E-state index in [0.29, 0.717) is 0 Å². The van der Waals surface area contributed by atoms with Crippen LogP contribution in [0.2, 0.25) is 0 Å². The van der Waals surface area contributed by atoms with E-state index in [-0.39, 0.29) is 6.61 Å². The lowest BCUT2D eigenvalue weighted by atomic mass is 10.7. The zero-order chi connectivity index (χ0) is 6.41. The van der Waals surface area contributed by atoms with Crippen LogP contribution in [-0.4, -0.2) is 23.0 Å². The second-order valence-electron chi connectivity index (χ2n) is 0.962. The quantitative estimate of drug-likeness (QED) is 0.414. The number of carboxylic acid groups (broad SMARTS) is 1. The van der Waals surface area contributed by atoms with E-state index in [1.807, 2.05) is 0 Å². The fraction of sp³-hybridized carbons (Fsp3) is 0.250. The van der Waals surface area contributed by atoms with E-state index in [9.17, 15) is 4.79 Å². The summed E-state index contributed by atoms with van der Waals surface area (Å²) in [6.45, 7) is -0.105. The number of aliphatic hydroxyl groups is 1. The van der Waals surface area contributed by atoms with Crippen molar-refractivity contribution in [2.45, 2.75) is 0 Å². The Kier molecular flexibility index (Phi) is 3.39. The molecule has 0 saturated carbocycles. The Morgan fingerprint density at radius 2 is 2.38 bits per heavy atom. The molecule has 0 heterocycles. The molecule has 0 aromatic heterocycles. The summed E-state index contributed by atoms with van der Waals surface area (Å²) in [5, 5.41) is 15.7. The van der Waals surface area contributed by atoms with E-state index in [1.165, 1.54) is 6.08 Å². The van der Waals surface area contributed by atoms with Crippen LogP contribution < -0.4 is 0 Å². The Labute approximate surface area is 46.0 Å². The van der Waals surface area contributed by atoms with Gasteiger partial charge in [-0.15, -0.1) is 0 Å². The van der Waals surface area contributed by atoms with Gasteiger partial charge in [-0.3, -0.25) is 0 Å². The van der Waals surface area contributed by atoms with Gasteiger partial charge < -0.3 is 14.9 Å². The molecule has 0 fully saturated rings. The van der Waals surface area contributed by atoms with E-state index in [4.69, 9.17) is 10.2 Å². The lowest BCUT2D eigenvalue weighted by molar-refractivity contribution is 0.101. The Hall–Kier alpha value is -1.19. The summed E-state index contributed by atoms with van der Waals surface area (Å²) in [6, 6.07) is 0. The third-order valence-corrected chi connectivity index (χ3v) is 0.408. The summed E-state index contributed by atoms with van der Waals surface area (Å²) in [5.74, 6) is 0. The van der Waals surface area contributed by atoms with Crippen molar-refractivity contribution in [2.75, 3.05) is 6.61 Å². The van der Waals surface area contributed by atoms with Gasteiger partial charge in [0.2, 0.25) is 0 Å². The van der Waals surface area contributed by atoms with E-state index in [0.717, 1.165) is 6.26 Å². The first-order valence-corrected chi connectivity index (χ1v) is 1.92. The van der Waals surface area contributed by atoms with Gasteiger partial charge in [-0.1, -0.05) is 0 Å². The number of aliphatic hydroxyl groups excluding tert-OH is 1. The molecule has 2 N–H and O–H groups in total. The predicted octanol–water partition coefficient (Wildman–Crippen LogP) is 0.753. The molecule has 4 nitrogen and oxygen atoms in total. The molecule has 0 spiro atoms. The largest absolute Gasteiger partial charge is 0.516 e. The molecule has 0 atom stereocenters. The fourth-order valence-electron chi connectivity index (χ4n) is 0.162. The number of rotatable bonds is 2. The molecule has 8 heavy (non-hydrogen) atoms. The van der Waals surface area contributed by atoms with E-state index < -0.39 is 6.16 Å². The second kappa shape index (κ2) is 3.98. The average Bonchev–Trinajstić information content (AvgIpc) is 1.66. The monoisotopic (exact) mass is 118 g/mol. The van der Waals surface area contributed by atoms with Crippen LogP contribution in [0.3, 0.4) is 0 Å². The van der Waals surface area contributed by atoms with Crippen LogP contribution in [0.15, 0.2) is 12.3 Å². The highest BCUT2D eigenvalue weighted by Crippen LogP contribution is 1.75. The predicted molar refractivity (Wildman–Crippen MR) is 25.7 cm³/mol. The van der Waals surface area contributed by atoms with Crippen LogP contribution in [0.1, 0.15) is 0 Å². The highest BCUT2D eigenvalue weighted by atomic mass is 16.7. The number of hydrogen-bond acceptors (Lipinski definition) is 3. The summed E-state index contributed by atoms with van der Waals surface area (Å²) < 4.78 is 3.95. The molecule has 0 unspecified atom stereocenters. The molecule has 0 rings (SSSR count). The van der Waals surface area contributed by atoms with Gasteiger partial charge in [0.25, 0.3) is 0 Å². The third-order valence-electron chi connectivity index (χ3n) is 0.408. The molecular weight excluding hydrogens is 112 g/mol. The van der Waals surface area contributed by atoms with Crippen molar-refractivity contribution in [1.29, 1.82) is 0 Å². The zero-order valence-corrected chi connectivity index (χ0v) is 4.07. The minimum atomic E-state index is -1.34. The zero-order valence-electron chi connectivity index (χ0n) is 4.07. The van der Waals surface area contributed by atoms with E-state index in [2.05, 4.69) is 4.74 Å². The van der Waals surface area contributed by atoms with Gasteiger partial charge in [0, 0.05) is 0 Å². The van der Waals surface area contributed by atoms with Crippen molar-refractivity contribution >= 4 is 6.16 Å². The van der Waals surface area contributed by atoms with Crippen molar-refractivity contribution in [3.63, 3.8) is 0 Å². The summed E-state index contributed by atoms with van der Waals surface area (Å²) in [5.41, 5.74) is 0. The summed E-state index contributed by atoms with van der Waals surface area (Å²) in [7, 11) is 0. The molecule has 0 aromatic rings. The molecule has 0 aliphatic rings. The van der Waals surface area contributed by atoms with Gasteiger partial charge in [0.15, 0.2) is 0 Å². The first kappa shape index (κ1) is 6.81. The normalized spacial score (nSPS) is 9.50. The van der Waals surface area contributed by atoms with Crippen LogP contribution in [0, 0.1) is 0 Å². The smallest absolute Gasteiger partial charge is 0.506 e. The van der Waals surface area contributed by atoms with Crippen molar-refractivity contribution in [2.24, 2.45) is 0 Å². The van der Waals surface area contributed by atoms with E-state index in [1.54, 1.807) is 0 Å². The minimum Gasteiger partial charge on any atom is -0.516 e. The van der Waals surface area contributed by atoms with Crippen LogP contribution in [0.5, 0.6) is 0 Å². The lowest BCUT2D eigenvalue weighted by Gasteiger charge is -1.89. The van der Waals surface area contributed by atoms with Crippen LogP contribution in [-0.2, 0) is 4.74 Å². The fourth-order valence-corrected chi connectivity index (χ4v) is 0.162. The topological polar surface area (TPSA) is 66.8 Å². The van der Waals surface area contributed by atoms with Gasteiger partial charge >= 0.3 is 6.16 Å². The maximum Gasteiger partial charge on any atom is 0.506 e. The second-order valence-corrected chi connectivity index (χ2v) is 0.962. The van der Waals surface area contributed by atoms with Gasteiger partial charge in [-0.05, 0) is 6.08 Å². The first-order valence-electron chi connectivity index (χ1n) is 1.92. The van der Waals surface area contributed by atoms with Crippen LogP contribution in [0.25, 0.3) is 0 Å². The molecule has 0 aromatic carbocycles. The Bertz CT molecular complexity index is 96.2. The Balaban J connectivity index is 3.05. The van der Waals surface area contributed by atoms with Gasteiger partial charge in [-0.25, -0.2) is 4.79 Å². The maximum absolute atomic E-state index is 9.54. The lowest BCUT2D eigenvalue weighted by Crippen LogP contribution is -1.98. The van der Waals surface area contributed by atoms with E-state index >= 15 is 0 Å². The molecule has 0 amide bonds. The van der Waals surface area contributed by atoms with Crippen molar-refractivity contribution in [1.82, 2.24) is 0 Å². The van der Waals surface area contributed by atoms with Crippen molar-refractivity contribution in [3.05, 3.63) is 12.3 Å². The SMILES string of the molecule is O=C(O)OCC=CO. The van der Waals surface area contributed by atoms with Gasteiger partial charge in [0.1, 0.15) is 6.61 Å². The summed E-state index contributed by atoms with van der Waals surface area (Å²) in [4.78, 5) is 9.54. The number of ether oxygens (including phenoxy) is 1.